The maximum atomic E-state index is 12.6. The molecule has 6 heteroatoms. The second-order valence-corrected chi connectivity index (χ2v) is 6.78. The zero-order valence-electron chi connectivity index (χ0n) is 14.2. The zero-order valence-corrected chi connectivity index (χ0v) is 14.2. The summed E-state index contributed by atoms with van der Waals surface area (Å²) in [5.41, 5.74) is 0.833. The van der Waals surface area contributed by atoms with Gasteiger partial charge in [-0.1, -0.05) is 17.3 Å². The van der Waals surface area contributed by atoms with E-state index in [1.807, 2.05) is 17.0 Å². The van der Waals surface area contributed by atoms with E-state index in [1.165, 1.54) is 0 Å². The first kappa shape index (κ1) is 16.0. The number of carbonyl (C=O) groups is 1. The van der Waals surface area contributed by atoms with Gasteiger partial charge in [-0.2, -0.15) is 4.98 Å². The Morgan fingerprint density at radius 3 is 2.80 bits per heavy atom. The SMILES string of the molecule is O=C([C@@H]1CC=CCC1)N1CCC(c2noc(-c3cccnc3)n2)CC1. The Morgan fingerprint density at radius 1 is 1.20 bits per heavy atom. The molecule has 0 N–H and O–H groups in total. The molecule has 4 rings (SSSR count). The van der Waals surface area contributed by atoms with Crippen LogP contribution >= 0.6 is 0 Å². The molecule has 2 aromatic heterocycles. The Balaban J connectivity index is 1.37. The minimum absolute atomic E-state index is 0.170. The minimum atomic E-state index is 0.170. The molecule has 25 heavy (non-hydrogen) atoms. The lowest BCUT2D eigenvalue weighted by Gasteiger charge is -2.33. The summed E-state index contributed by atoms with van der Waals surface area (Å²) in [5, 5.41) is 4.15. The summed E-state index contributed by atoms with van der Waals surface area (Å²) in [6.45, 7) is 1.56. The number of nitrogens with zero attached hydrogens (tertiary/aromatic N) is 4. The first-order valence-electron chi connectivity index (χ1n) is 8.99. The van der Waals surface area contributed by atoms with Crippen molar-refractivity contribution in [2.75, 3.05) is 13.1 Å². The van der Waals surface area contributed by atoms with Crippen molar-refractivity contribution in [2.24, 2.45) is 5.92 Å². The third-order valence-corrected chi connectivity index (χ3v) is 5.14. The van der Waals surface area contributed by atoms with Crippen LogP contribution < -0.4 is 0 Å². The van der Waals surface area contributed by atoms with Gasteiger partial charge in [-0.3, -0.25) is 9.78 Å². The maximum absolute atomic E-state index is 12.6. The molecule has 0 bridgehead atoms. The number of carbonyl (C=O) groups excluding carboxylic acids is 1. The molecule has 6 nitrogen and oxygen atoms in total. The van der Waals surface area contributed by atoms with E-state index in [2.05, 4.69) is 27.3 Å². The Labute approximate surface area is 146 Å². The van der Waals surface area contributed by atoms with E-state index in [0.717, 1.165) is 56.6 Å². The van der Waals surface area contributed by atoms with Crippen molar-refractivity contribution in [3.63, 3.8) is 0 Å². The molecule has 0 spiro atoms. The Hall–Kier alpha value is -2.50. The van der Waals surface area contributed by atoms with Gasteiger partial charge in [0, 0.05) is 37.3 Å². The van der Waals surface area contributed by atoms with Crippen LogP contribution in [0.4, 0.5) is 0 Å². The third kappa shape index (κ3) is 3.48. The van der Waals surface area contributed by atoms with E-state index >= 15 is 0 Å². The summed E-state index contributed by atoms with van der Waals surface area (Å²) in [6.07, 6.45) is 12.4. The highest BCUT2D eigenvalue weighted by Crippen LogP contribution is 2.29. The minimum Gasteiger partial charge on any atom is -0.342 e. The van der Waals surface area contributed by atoms with Crippen LogP contribution in [0.15, 0.2) is 41.2 Å². The largest absolute Gasteiger partial charge is 0.342 e. The molecule has 2 aromatic rings. The van der Waals surface area contributed by atoms with E-state index < -0.39 is 0 Å². The van der Waals surface area contributed by atoms with Gasteiger partial charge in [-0.05, 0) is 44.2 Å². The molecule has 1 fully saturated rings. The number of pyridine rings is 1. The maximum Gasteiger partial charge on any atom is 0.259 e. The molecule has 0 aromatic carbocycles. The normalized spacial score (nSPS) is 21.4. The highest BCUT2D eigenvalue weighted by molar-refractivity contribution is 5.79. The smallest absolute Gasteiger partial charge is 0.259 e. The van der Waals surface area contributed by atoms with Crippen molar-refractivity contribution in [3.05, 3.63) is 42.5 Å². The summed E-state index contributed by atoms with van der Waals surface area (Å²) in [6, 6.07) is 3.76. The number of likely N-dealkylation sites (tertiary alicyclic amines) is 1. The molecule has 1 aliphatic heterocycles. The molecule has 1 aliphatic carbocycles. The van der Waals surface area contributed by atoms with Gasteiger partial charge in [0.15, 0.2) is 5.82 Å². The van der Waals surface area contributed by atoms with Crippen LogP contribution in [-0.2, 0) is 4.79 Å². The number of rotatable bonds is 3. The first-order valence-corrected chi connectivity index (χ1v) is 8.99. The Morgan fingerprint density at radius 2 is 2.08 bits per heavy atom. The van der Waals surface area contributed by atoms with Gasteiger partial charge in [-0.25, -0.2) is 0 Å². The lowest BCUT2D eigenvalue weighted by atomic mass is 9.90. The molecule has 130 valence electrons. The van der Waals surface area contributed by atoms with E-state index in [0.29, 0.717) is 11.8 Å². The molecule has 3 heterocycles. The van der Waals surface area contributed by atoms with Crippen molar-refractivity contribution in [1.82, 2.24) is 20.0 Å². The predicted molar refractivity (Wildman–Crippen MR) is 92.6 cm³/mol. The molecule has 0 saturated carbocycles. The number of hydrogen-bond acceptors (Lipinski definition) is 5. The fourth-order valence-electron chi connectivity index (χ4n) is 3.64. The molecule has 1 amide bonds. The lowest BCUT2D eigenvalue weighted by molar-refractivity contribution is -0.136. The van der Waals surface area contributed by atoms with Gasteiger partial charge in [0.2, 0.25) is 5.91 Å². The highest BCUT2D eigenvalue weighted by atomic mass is 16.5. The first-order chi connectivity index (χ1) is 12.3. The van der Waals surface area contributed by atoms with Crippen LogP contribution in [-0.4, -0.2) is 39.0 Å². The van der Waals surface area contributed by atoms with E-state index in [4.69, 9.17) is 4.52 Å². The van der Waals surface area contributed by atoms with Crippen LogP contribution in [0.1, 0.15) is 43.8 Å². The van der Waals surface area contributed by atoms with Crippen molar-refractivity contribution in [3.8, 4) is 11.5 Å². The van der Waals surface area contributed by atoms with Crippen LogP contribution in [0.2, 0.25) is 0 Å². The monoisotopic (exact) mass is 338 g/mol. The Bertz CT molecular complexity index is 748. The lowest BCUT2D eigenvalue weighted by Crippen LogP contribution is -2.41. The van der Waals surface area contributed by atoms with Gasteiger partial charge in [0.05, 0.1) is 5.56 Å². The fraction of sp³-hybridized carbons (Fsp3) is 0.474. The van der Waals surface area contributed by atoms with Gasteiger partial charge < -0.3 is 9.42 Å². The number of aromatic nitrogens is 3. The van der Waals surface area contributed by atoms with Crippen LogP contribution in [0.5, 0.6) is 0 Å². The molecule has 0 radical (unpaired) electrons. The second kappa shape index (κ2) is 7.17. The van der Waals surface area contributed by atoms with Gasteiger partial charge in [0.1, 0.15) is 0 Å². The summed E-state index contributed by atoms with van der Waals surface area (Å²) < 4.78 is 5.38. The summed E-state index contributed by atoms with van der Waals surface area (Å²) in [5.74, 6) is 1.99. The van der Waals surface area contributed by atoms with Crippen molar-refractivity contribution in [2.45, 2.75) is 38.0 Å². The Kier molecular flexibility index (Phi) is 4.59. The number of piperidine rings is 1. The van der Waals surface area contributed by atoms with Crippen LogP contribution in [0, 0.1) is 5.92 Å². The van der Waals surface area contributed by atoms with E-state index in [1.54, 1.807) is 12.4 Å². The topological polar surface area (TPSA) is 72.1 Å². The molecule has 1 atom stereocenters. The third-order valence-electron chi connectivity index (χ3n) is 5.14. The fourth-order valence-corrected chi connectivity index (χ4v) is 3.64. The van der Waals surface area contributed by atoms with Gasteiger partial charge in [0.25, 0.3) is 5.89 Å². The van der Waals surface area contributed by atoms with Crippen LogP contribution in [0.3, 0.4) is 0 Å². The quantitative estimate of drug-likeness (QED) is 0.804. The molecular weight excluding hydrogens is 316 g/mol. The summed E-state index contributed by atoms with van der Waals surface area (Å²) >= 11 is 0. The molecule has 1 saturated heterocycles. The van der Waals surface area contributed by atoms with Crippen molar-refractivity contribution < 1.29 is 9.32 Å². The van der Waals surface area contributed by atoms with E-state index in [9.17, 15) is 4.79 Å². The number of hydrogen-bond donors (Lipinski definition) is 0. The second-order valence-electron chi connectivity index (χ2n) is 6.78. The summed E-state index contributed by atoms with van der Waals surface area (Å²) in [4.78, 5) is 23.3. The number of amides is 1. The molecule has 0 unspecified atom stereocenters. The molecule has 2 aliphatic rings. The van der Waals surface area contributed by atoms with Crippen molar-refractivity contribution >= 4 is 5.91 Å². The van der Waals surface area contributed by atoms with Crippen LogP contribution in [0.25, 0.3) is 11.5 Å². The number of allylic oxidation sites excluding steroid dienone is 2. The standard InChI is InChI=1S/C19H22N4O2/c24-19(15-5-2-1-3-6-15)23-11-8-14(9-12-23)17-21-18(25-22-17)16-7-4-10-20-13-16/h1-2,4,7,10,13-15H,3,5-6,8-9,11-12H2/t15-/m1/s1. The average molecular weight is 338 g/mol. The average Bonchev–Trinajstić information content (AvgIpc) is 3.19. The predicted octanol–water partition coefficient (Wildman–Crippen LogP) is 3.19. The zero-order chi connectivity index (χ0) is 17.1. The highest BCUT2D eigenvalue weighted by Gasteiger charge is 2.30. The summed E-state index contributed by atoms with van der Waals surface area (Å²) in [7, 11) is 0. The van der Waals surface area contributed by atoms with E-state index in [-0.39, 0.29) is 11.8 Å². The van der Waals surface area contributed by atoms with Gasteiger partial charge in [-0.15, -0.1) is 0 Å². The van der Waals surface area contributed by atoms with Crippen molar-refractivity contribution in [1.29, 1.82) is 0 Å². The van der Waals surface area contributed by atoms with Gasteiger partial charge >= 0.3 is 0 Å². The molecular formula is C19H22N4O2.